The first kappa shape index (κ1) is 22.6. The standard InChI is InChI=1S/C24H18ClN5O5/c25-18-5-6-20(29-13-26-27-28-29)19(11-18)17-10-16-7-8-24(34,22(16)30(35)12-17)21(31)9-14-1-3-15(4-2-14)23(32)33/h1-6,10-13,34H,7-9H2,(H,32,33). The zero-order chi connectivity index (χ0) is 24.7. The van der Waals surface area contributed by atoms with E-state index in [1.807, 2.05) is 0 Å². The molecule has 176 valence electrons. The Morgan fingerprint density at radius 1 is 1.17 bits per heavy atom. The molecule has 11 heteroatoms. The number of halogens is 1. The number of aryl methyl sites for hydroxylation is 1. The third kappa shape index (κ3) is 4.02. The summed E-state index contributed by atoms with van der Waals surface area (Å²) in [5.74, 6) is -1.61. The lowest BCUT2D eigenvalue weighted by Crippen LogP contribution is -2.45. The van der Waals surface area contributed by atoms with E-state index in [0.29, 0.717) is 44.1 Å². The highest BCUT2D eigenvalue weighted by molar-refractivity contribution is 6.31. The second-order valence-electron chi connectivity index (χ2n) is 8.31. The van der Waals surface area contributed by atoms with Crippen molar-refractivity contribution in [2.75, 3.05) is 0 Å². The summed E-state index contributed by atoms with van der Waals surface area (Å²) in [5, 5.41) is 45.1. The van der Waals surface area contributed by atoms with Crippen LogP contribution in [0.1, 0.15) is 33.6 Å². The Kier molecular flexibility index (Phi) is 5.54. The molecule has 2 N–H and O–H groups in total. The average molecular weight is 492 g/mol. The fourth-order valence-corrected chi connectivity index (χ4v) is 4.60. The van der Waals surface area contributed by atoms with Gasteiger partial charge in [0.05, 0.1) is 11.3 Å². The molecule has 1 atom stereocenters. The van der Waals surface area contributed by atoms with Crippen molar-refractivity contribution in [3.63, 3.8) is 0 Å². The van der Waals surface area contributed by atoms with Crippen LogP contribution in [0, 0.1) is 5.21 Å². The van der Waals surface area contributed by atoms with Crippen LogP contribution in [0.15, 0.2) is 61.1 Å². The third-order valence-electron chi connectivity index (χ3n) is 6.15. The molecule has 2 aromatic carbocycles. The molecule has 1 aliphatic rings. The van der Waals surface area contributed by atoms with Gasteiger partial charge in [0.2, 0.25) is 11.3 Å². The van der Waals surface area contributed by atoms with Gasteiger partial charge in [0, 0.05) is 28.1 Å². The van der Waals surface area contributed by atoms with Gasteiger partial charge in [0.25, 0.3) is 0 Å². The van der Waals surface area contributed by atoms with Crippen LogP contribution in [-0.2, 0) is 23.2 Å². The Bertz CT molecular complexity index is 1460. The summed E-state index contributed by atoms with van der Waals surface area (Å²) in [5.41, 5.74) is 0.989. The van der Waals surface area contributed by atoms with Gasteiger partial charge in [-0.05, 0) is 65.2 Å². The topological polar surface area (TPSA) is 145 Å². The second-order valence-corrected chi connectivity index (χ2v) is 8.74. The van der Waals surface area contributed by atoms with Crippen molar-refractivity contribution >= 4 is 23.4 Å². The minimum Gasteiger partial charge on any atom is -0.618 e. The number of carbonyl (C=O) groups is 2. The maximum absolute atomic E-state index is 13.1. The Morgan fingerprint density at radius 2 is 1.94 bits per heavy atom. The van der Waals surface area contributed by atoms with E-state index in [9.17, 15) is 19.9 Å². The second kappa shape index (κ2) is 8.57. The first-order chi connectivity index (χ1) is 16.8. The highest BCUT2D eigenvalue weighted by Gasteiger charge is 2.50. The Morgan fingerprint density at radius 3 is 2.63 bits per heavy atom. The molecule has 0 radical (unpaired) electrons. The minimum absolute atomic E-state index is 0.000549. The van der Waals surface area contributed by atoms with E-state index in [-0.39, 0.29) is 24.1 Å². The number of carboxylic acids is 1. The predicted molar refractivity (Wildman–Crippen MR) is 123 cm³/mol. The molecular formula is C24H18ClN5O5. The van der Waals surface area contributed by atoms with Crippen molar-refractivity contribution in [2.45, 2.75) is 24.9 Å². The molecule has 2 aromatic heterocycles. The Balaban J connectivity index is 1.50. The lowest BCUT2D eigenvalue weighted by atomic mass is 9.90. The van der Waals surface area contributed by atoms with Crippen molar-refractivity contribution in [2.24, 2.45) is 0 Å². The van der Waals surface area contributed by atoms with E-state index < -0.39 is 17.4 Å². The van der Waals surface area contributed by atoms with Gasteiger partial charge in [-0.1, -0.05) is 23.7 Å². The summed E-state index contributed by atoms with van der Waals surface area (Å²) in [4.78, 5) is 24.2. The van der Waals surface area contributed by atoms with Crippen molar-refractivity contribution in [3.8, 4) is 16.8 Å². The molecule has 2 heterocycles. The molecule has 10 nitrogen and oxygen atoms in total. The number of Topliss-reactive ketones (excluding diaryl/α,β-unsaturated/α-hetero) is 1. The number of carboxylic acid groups (broad SMARTS) is 1. The molecule has 0 spiro atoms. The smallest absolute Gasteiger partial charge is 0.335 e. The fraction of sp³-hybridized carbons (Fsp3) is 0.167. The Hall–Kier alpha value is -4.15. The number of tetrazole rings is 1. The van der Waals surface area contributed by atoms with Crippen molar-refractivity contribution in [3.05, 3.63) is 93.7 Å². The first-order valence-electron chi connectivity index (χ1n) is 10.6. The van der Waals surface area contributed by atoms with Crippen LogP contribution in [0.25, 0.3) is 16.8 Å². The zero-order valence-corrected chi connectivity index (χ0v) is 18.9. The largest absolute Gasteiger partial charge is 0.618 e. The summed E-state index contributed by atoms with van der Waals surface area (Å²) < 4.78 is 1.98. The molecule has 0 fully saturated rings. The van der Waals surface area contributed by atoms with Crippen LogP contribution in [0.3, 0.4) is 0 Å². The van der Waals surface area contributed by atoms with E-state index in [4.69, 9.17) is 16.7 Å². The van der Waals surface area contributed by atoms with Crippen LogP contribution >= 0.6 is 11.6 Å². The van der Waals surface area contributed by atoms with Gasteiger partial charge in [0.15, 0.2) is 12.0 Å². The van der Waals surface area contributed by atoms with Gasteiger partial charge in [0.1, 0.15) is 6.33 Å². The summed E-state index contributed by atoms with van der Waals surface area (Å²) in [6.07, 6.45) is 2.96. The molecule has 0 saturated heterocycles. The number of hydrogen-bond acceptors (Lipinski definition) is 7. The molecule has 4 aromatic rings. The highest BCUT2D eigenvalue weighted by Crippen LogP contribution is 2.39. The number of rotatable bonds is 6. The van der Waals surface area contributed by atoms with Crippen LogP contribution in [-0.4, -0.2) is 42.2 Å². The zero-order valence-electron chi connectivity index (χ0n) is 18.1. The minimum atomic E-state index is -1.95. The molecule has 0 bridgehead atoms. The van der Waals surface area contributed by atoms with Crippen molar-refractivity contribution in [1.29, 1.82) is 0 Å². The molecule has 0 amide bonds. The fourth-order valence-electron chi connectivity index (χ4n) is 4.42. The number of carbonyl (C=O) groups excluding carboxylic acids is 1. The van der Waals surface area contributed by atoms with E-state index in [0.717, 1.165) is 0 Å². The predicted octanol–water partition coefficient (Wildman–Crippen LogP) is 2.26. The SMILES string of the molecule is O=C(O)c1ccc(CC(=O)C2(O)CCc3cc(-c4cc(Cl)ccc4-n4cnnn4)c[n+]([O-])c32)cc1. The van der Waals surface area contributed by atoms with Gasteiger partial charge >= 0.3 is 5.97 Å². The lowest BCUT2D eigenvalue weighted by molar-refractivity contribution is -0.619. The first-order valence-corrected chi connectivity index (χ1v) is 11.0. The number of pyridine rings is 1. The van der Waals surface area contributed by atoms with E-state index >= 15 is 0 Å². The number of aromatic nitrogens is 5. The third-order valence-corrected chi connectivity index (χ3v) is 6.39. The number of aromatic carboxylic acids is 1. The number of aliphatic hydroxyl groups is 1. The molecule has 5 rings (SSSR count). The van der Waals surface area contributed by atoms with Gasteiger partial charge in [-0.3, -0.25) is 4.79 Å². The highest BCUT2D eigenvalue weighted by atomic mass is 35.5. The monoisotopic (exact) mass is 491 g/mol. The van der Waals surface area contributed by atoms with Gasteiger partial charge in [-0.25, -0.2) is 4.79 Å². The maximum atomic E-state index is 13.1. The van der Waals surface area contributed by atoms with Crippen molar-refractivity contribution < 1.29 is 24.5 Å². The molecule has 0 aliphatic heterocycles. The molecular weight excluding hydrogens is 474 g/mol. The number of hydrogen-bond donors (Lipinski definition) is 2. The summed E-state index contributed by atoms with van der Waals surface area (Å²) in [6.45, 7) is 0. The van der Waals surface area contributed by atoms with Crippen molar-refractivity contribution in [1.82, 2.24) is 20.2 Å². The van der Waals surface area contributed by atoms with E-state index in [1.165, 1.54) is 41.5 Å². The van der Waals surface area contributed by atoms with E-state index in [1.54, 1.807) is 24.3 Å². The van der Waals surface area contributed by atoms with Gasteiger partial charge in [-0.2, -0.15) is 9.41 Å². The summed E-state index contributed by atoms with van der Waals surface area (Å²) >= 11 is 6.21. The maximum Gasteiger partial charge on any atom is 0.335 e. The average Bonchev–Trinajstić information content (AvgIpc) is 3.48. The number of fused-ring (bicyclic) bond motifs is 1. The summed E-state index contributed by atoms with van der Waals surface area (Å²) in [6, 6.07) is 12.7. The quantitative estimate of drug-likeness (QED) is 0.308. The molecule has 0 saturated carbocycles. The summed E-state index contributed by atoms with van der Waals surface area (Å²) in [7, 11) is 0. The van der Waals surface area contributed by atoms with E-state index in [2.05, 4.69) is 15.5 Å². The van der Waals surface area contributed by atoms with Gasteiger partial charge < -0.3 is 15.4 Å². The number of ketones is 1. The Labute approximate surface area is 203 Å². The molecule has 35 heavy (non-hydrogen) atoms. The molecule has 1 aliphatic carbocycles. The normalized spacial score (nSPS) is 16.7. The number of benzene rings is 2. The van der Waals surface area contributed by atoms with Crippen LogP contribution < -0.4 is 4.73 Å². The van der Waals surface area contributed by atoms with Crippen LogP contribution in [0.2, 0.25) is 5.02 Å². The number of nitrogens with zero attached hydrogens (tertiary/aromatic N) is 5. The van der Waals surface area contributed by atoms with Crippen LogP contribution in [0.4, 0.5) is 0 Å². The molecule has 1 unspecified atom stereocenters. The van der Waals surface area contributed by atoms with Crippen LogP contribution in [0.5, 0.6) is 0 Å². The lowest BCUT2D eigenvalue weighted by Gasteiger charge is -2.21. The van der Waals surface area contributed by atoms with Gasteiger partial charge in [-0.15, -0.1) is 5.10 Å².